The summed E-state index contributed by atoms with van der Waals surface area (Å²) in [5.41, 5.74) is 2.07. The van der Waals surface area contributed by atoms with Crippen molar-refractivity contribution in [2.24, 2.45) is 5.84 Å². The molecule has 0 aliphatic heterocycles. The molecular formula is C7H10Cl2N2OS. The molecule has 0 aliphatic carbocycles. The maximum absolute atomic E-state index is 10.7. The molecular weight excluding hydrogens is 231 g/mol. The van der Waals surface area contributed by atoms with E-state index in [-0.39, 0.29) is 18.3 Å². The lowest BCUT2D eigenvalue weighted by atomic mass is 10.2. The van der Waals surface area contributed by atoms with Gasteiger partial charge in [0, 0.05) is 11.3 Å². The Hall–Kier alpha value is -0.290. The lowest BCUT2D eigenvalue weighted by Crippen LogP contribution is -2.29. The van der Waals surface area contributed by atoms with E-state index in [1.807, 2.05) is 12.1 Å². The smallest absolute Gasteiger partial charge is 0.234 e. The highest BCUT2D eigenvalue weighted by Gasteiger charge is 2.01. The quantitative estimate of drug-likeness (QED) is 0.481. The number of carbonyl (C=O) groups is 1. The Kier molecular flexibility index (Phi) is 6.07. The summed E-state index contributed by atoms with van der Waals surface area (Å²) in [6.07, 6.45) is 1.10. The van der Waals surface area contributed by atoms with Crippen LogP contribution >= 0.6 is 35.3 Å². The van der Waals surface area contributed by atoms with E-state index >= 15 is 0 Å². The molecule has 0 spiro atoms. The van der Waals surface area contributed by atoms with Crippen molar-refractivity contribution in [1.29, 1.82) is 0 Å². The van der Waals surface area contributed by atoms with E-state index in [0.717, 1.165) is 9.21 Å². The van der Waals surface area contributed by atoms with Crippen molar-refractivity contribution in [3.63, 3.8) is 0 Å². The third kappa shape index (κ3) is 4.47. The second kappa shape index (κ2) is 6.21. The molecule has 0 atom stereocenters. The van der Waals surface area contributed by atoms with Gasteiger partial charge >= 0.3 is 0 Å². The summed E-state index contributed by atoms with van der Waals surface area (Å²) in [6, 6.07) is 3.73. The van der Waals surface area contributed by atoms with Crippen LogP contribution in [0.2, 0.25) is 4.34 Å². The van der Waals surface area contributed by atoms with Gasteiger partial charge in [0.1, 0.15) is 0 Å². The zero-order valence-electron chi connectivity index (χ0n) is 6.75. The molecule has 1 rings (SSSR count). The highest BCUT2D eigenvalue weighted by atomic mass is 35.5. The van der Waals surface area contributed by atoms with Crippen LogP contribution in [0.1, 0.15) is 11.3 Å². The molecule has 1 amide bonds. The van der Waals surface area contributed by atoms with Crippen molar-refractivity contribution in [1.82, 2.24) is 5.43 Å². The van der Waals surface area contributed by atoms with Crippen LogP contribution in [0.5, 0.6) is 0 Å². The minimum absolute atomic E-state index is 0. The lowest BCUT2D eigenvalue weighted by molar-refractivity contribution is -0.121. The maximum Gasteiger partial charge on any atom is 0.234 e. The lowest BCUT2D eigenvalue weighted by Gasteiger charge is -1.95. The first-order valence-electron chi connectivity index (χ1n) is 3.46. The minimum Gasteiger partial charge on any atom is -0.294 e. The summed E-state index contributed by atoms with van der Waals surface area (Å²) in [7, 11) is 0. The zero-order chi connectivity index (χ0) is 8.97. The van der Waals surface area contributed by atoms with Crippen molar-refractivity contribution < 1.29 is 4.79 Å². The Morgan fingerprint density at radius 2 is 2.31 bits per heavy atom. The Labute approximate surface area is 91.6 Å². The summed E-state index contributed by atoms with van der Waals surface area (Å²) in [5.74, 6) is 4.77. The molecule has 0 fully saturated rings. The molecule has 3 nitrogen and oxygen atoms in total. The fraction of sp³-hybridized carbons (Fsp3) is 0.286. The van der Waals surface area contributed by atoms with E-state index in [2.05, 4.69) is 5.43 Å². The highest BCUT2D eigenvalue weighted by molar-refractivity contribution is 7.16. The predicted molar refractivity (Wildman–Crippen MR) is 57.2 cm³/mol. The Bertz CT molecular complexity index is 277. The molecule has 0 saturated heterocycles. The summed E-state index contributed by atoms with van der Waals surface area (Å²) >= 11 is 7.19. The molecule has 0 saturated carbocycles. The molecule has 0 unspecified atom stereocenters. The number of rotatable bonds is 3. The van der Waals surface area contributed by atoms with Gasteiger partial charge in [0.05, 0.1) is 4.34 Å². The first kappa shape index (κ1) is 12.7. The molecule has 1 aromatic rings. The molecule has 13 heavy (non-hydrogen) atoms. The molecule has 74 valence electrons. The fourth-order valence-electron chi connectivity index (χ4n) is 0.795. The van der Waals surface area contributed by atoms with Crippen molar-refractivity contribution >= 4 is 41.3 Å². The van der Waals surface area contributed by atoms with Crippen LogP contribution in [0.15, 0.2) is 12.1 Å². The number of carbonyl (C=O) groups excluding carboxylic acids is 1. The van der Waals surface area contributed by atoms with E-state index in [1.54, 1.807) is 0 Å². The van der Waals surface area contributed by atoms with Crippen LogP contribution in [0.4, 0.5) is 0 Å². The van der Waals surface area contributed by atoms with Gasteiger partial charge in [0.2, 0.25) is 5.91 Å². The van der Waals surface area contributed by atoms with E-state index in [4.69, 9.17) is 17.4 Å². The van der Waals surface area contributed by atoms with Crippen LogP contribution in [0.3, 0.4) is 0 Å². The van der Waals surface area contributed by atoms with Crippen molar-refractivity contribution in [3.8, 4) is 0 Å². The number of nitrogens with two attached hydrogens (primary N) is 1. The molecule has 6 heteroatoms. The number of amides is 1. The second-order valence-corrected chi connectivity index (χ2v) is 4.07. The van der Waals surface area contributed by atoms with Gasteiger partial charge in [0.25, 0.3) is 0 Å². The van der Waals surface area contributed by atoms with Crippen molar-refractivity contribution in [2.45, 2.75) is 12.8 Å². The monoisotopic (exact) mass is 240 g/mol. The molecule has 0 aromatic carbocycles. The van der Waals surface area contributed by atoms with Gasteiger partial charge in [0.15, 0.2) is 0 Å². The van der Waals surface area contributed by atoms with Crippen LogP contribution in [-0.2, 0) is 11.2 Å². The average molecular weight is 241 g/mol. The largest absolute Gasteiger partial charge is 0.294 e. The third-order valence-corrected chi connectivity index (χ3v) is 2.68. The van der Waals surface area contributed by atoms with Crippen molar-refractivity contribution in [3.05, 3.63) is 21.3 Å². The molecule has 3 N–H and O–H groups in total. The number of hydrazine groups is 1. The van der Waals surface area contributed by atoms with Crippen molar-refractivity contribution in [2.75, 3.05) is 0 Å². The first-order chi connectivity index (χ1) is 5.72. The molecule has 0 radical (unpaired) electrons. The third-order valence-electron chi connectivity index (χ3n) is 1.39. The molecule has 0 bridgehead atoms. The van der Waals surface area contributed by atoms with Gasteiger partial charge in [-0.1, -0.05) is 11.6 Å². The Morgan fingerprint density at radius 1 is 1.62 bits per heavy atom. The first-order valence-corrected chi connectivity index (χ1v) is 4.65. The Balaban J connectivity index is 0.00000144. The standard InChI is InChI=1S/C7H9ClN2OS.ClH/c8-6-3-1-5(12-6)2-4-7(11)10-9;/h1,3H,2,4,9H2,(H,10,11);1H. The van der Waals surface area contributed by atoms with Crippen LogP contribution in [0.25, 0.3) is 0 Å². The van der Waals surface area contributed by atoms with E-state index < -0.39 is 0 Å². The normalized spacial score (nSPS) is 9.08. The second-order valence-electron chi connectivity index (χ2n) is 2.27. The van der Waals surface area contributed by atoms with Gasteiger partial charge in [-0.3, -0.25) is 10.2 Å². The minimum atomic E-state index is -0.153. The molecule has 1 aromatic heterocycles. The topological polar surface area (TPSA) is 55.1 Å². The molecule has 1 heterocycles. The van der Waals surface area contributed by atoms with E-state index in [0.29, 0.717) is 12.8 Å². The number of hydrogen-bond donors (Lipinski definition) is 2. The number of hydrogen-bond acceptors (Lipinski definition) is 3. The zero-order valence-corrected chi connectivity index (χ0v) is 9.14. The van der Waals surface area contributed by atoms with Gasteiger partial charge in [-0.2, -0.15) is 0 Å². The highest BCUT2D eigenvalue weighted by Crippen LogP contribution is 2.22. The maximum atomic E-state index is 10.7. The number of halogens is 2. The van der Waals surface area contributed by atoms with Crippen LogP contribution < -0.4 is 11.3 Å². The van der Waals surface area contributed by atoms with Crippen LogP contribution in [0, 0.1) is 0 Å². The predicted octanol–water partition coefficient (Wildman–Crippen LogP) is 1.75. The number of thiophene rings is 1. The molecule has 0 aliphatic rings. The number of aryl methyl sites for hydroxylation is 1. The fourth-order valence-corrected chi connectivity index (χ4v) is 1.88. The van der Waals surface area contributed by atoms with Gasteiger partial charge in [-0.25, -0.2) is 5.84 Å². The Morgan fingerprint density at radius 3 is 2.77 bits per heavy atom. The van der Waals surface area contributed by atoms with Gasteiger partial charge in [-0.05, 0) is 18.6 Å². The SMILES string of the molecule is Cl.NNC(=O)CCc1ccc(Cl)s1. The summed E-state index contributed by atoms with van der Waals surface area (Å²) in [6.45, 7) is 0. The van der Waals surface area contributed by atoms with E-state index in [1.165, 1.54) is 11.3 Å². The number of nitrogens with one attached hydrogen (secondary N) is 1. The van der Waals surface area contributed by atoms with Gasteiger partial charge < -0.3 is 0 Å². The summed E-state index contributed by atoms with van der Waals surface area (Å²) < 4.78 is 0.748. The van der Waals surface area contributed by atoms with E-state index in [9.17, 15) is 4.79 Å². The summed E-state index contributed by atoms with van der Waals surface area (Å²) in [5, 5.41) is 0. The van der Waals surface area contributed by atoms with Gasteiger partial charge in [-0.15, -0.1) is 23.7 Å². The van der Waals surface area contributed by atoms with Crippen LogP contribution in [-0.4, -0.2) is 5.91 Å². The average Bonchev–Trinajstić information content (AvgIpc) is 2.47. The summed E-state index contributed by atoms with van der Waals surface area (Å²) in [4.78, 5) is 11.8.